The lowest BCUT2D eigenvalue weighted by molar-refractivity contribution is -0.137. The number of methoxy groups -OCH3 is 1. The Morgan fingerprint density at radius 2 is 1.96 bits per heavy atom. The lowest BCUT2D eigenvalue weighted by atomic mass is 9.97. The highest BCUT2D eigenvalue weighted by Gasteiger charge is 2.17. The first-order chi connectivity index (χ1) is 12.0. The van der Waals surface area contributed by atoms with Crippen molar-refractivity contribution in [3.05, 3.63) is 64.3 Å². The number of aromatic nitrogens is 1. The number of ether oxygens (including phenoxy) is 1. The van der Waals surface area contributed by atoms with Crippen LogP contribution in [0.15, 0.2) is 53.1 Å². The van der Waals surface area contributed by atoms with Gasteiger partial charge >= 0.3 is 5.97 Å². The summed E-state index contributed by atoms with van der Waals surface area (Å²) in [5.74, 6) is -0.0832. The molecule has 0 bridgehead atoms. The Bertz CT molecular complexity index is 899. The maximum atomic E-state index is 11.1. The quantitative estimate of drug-likeness (QED) is 0.629. The smallest absolute Gasteiger partial charge is 0.303 e. The fraction of sp³-hybridized carbons (Fsp3) is 0.250. The molecular formula is C20H20BrNO3. The largest absolute Gasteiger partial charge is 0.497 e. The molecule has 130 valence electrons. The molecule has 5 heteroatoms. The number of fused-ring (bicyclic) bond motifs is 1. The third kappa shape index (κ3) is 3.87. The molecule has 0 amide bonds. The van der Waals surface area contributed by atoms with Crippen molar-refractivity contribution in [2.75, 3.05) is 7.11 Å². The summed E-state index contributed by atoms with van der Waals surface area (Å²) in [6.07, 6.45) is 2.17. The van der Waals surface area contributed by atoms with Gasteiger partial charge in [0.25, 0.3) is 0 Å². The lowest BCUT2D eigenvalue weighted by Gasteiger charge is -2.07. The van der Waals surface area contributed by atoms with Gasteiger partial charge in [-0.15, -0.1) is 0 Å². The molecule has 1 aromatic heterocycles. The minimum absolute atomic E-state index is 0.0710. The Labute approximate surface area is 155 Å². The van der Waals surface area contributed by atoms with Crippen molar-refractivity contribution in [1.29, 1.82) is 0 Å². The van der Waals surface area contributed by atoms with Crippen molar-refractivity contribution in [2.24, 2.45) is 0 Å². The average Bonchev–Trinajstić information content (AvgIpc) is 2.94. The number of hydrogen-bond acceptors (Lipinski definition) is 2. The van der Waals surface area contributed by atoms with Gasteiger partial charge in [0.05, 0.1) is 13.5 Å². The maximum Gasteiger partial charge on any atom is 0.303 e. The topological polar surface area (TPSA) is 51.5 Å². The first-order valence-corrected chi connectivity index (χ1v) is 8.90. The summed E-state index contributed by atoms with van der Waals surface area (Å²) >= 11 is 3.46. The molecule has 0 fully saturated rings. The van der Waals surface area contributed by atoms with Crippen molar-refractivity contribution in [3.8, 4) is 5.75 Å². The first kappa shape index (κ1) is 17.5. The molecule has 25 heavy (non-hydrogen) atoms. The van der Waals surface area contributed by atoms with Crippen LogP contribution in [0.1, 0.15) is 30.4 Å². The van der Waals surface area contributed by atoms with E-state index in [9.17, 15) is 4.79 Å². The van der Waals surface area contributed by atoms with Crippen molar-refractivity contribution in [1.82, 2.24) is 4.57 Å². The second-order valence-electron chi connectivity index (χ2n) is 6.22. The van der Waals surface area contributed by atoms with Crippen LogP contribution in [0.3, 0.4) is 0 Å². The molecule has 3 aromatic rings. The molecule has 1 N–H and O–H groups in total. The van der Waals surface area contributed by atoms with Gasteiger partial charge in [0.15, 0.2) is 0 Å². The lowest BCUT2D eigenvalue weighted by Crippen LogP contribution is -2.02. The number of carboxylic acid groups (broad SMARTS) is 1. The number of carbonyl (C=O) groups is 1. The zero-order chi connectivity index (χ0) is 18.0. The molecule has 0 aliphatic carbocycles. The van der Waals surface area contributed by atoms with Gasteiger partial charge in [-0.3, -0.25) is 4.79 Å². The van der Waals surface area contributed by atoms with Gasteiger partial charge in [-0.05, 0) is 47.4 Å². The van der Waals surface area contributed by atoms with Gasteiger partial charge in [-0.2, -0.15) is 0 Å². The van der Waals surface area contributed by atoms with Crippen LogP contribution in [0.2, 0.25) is 0 Å². The van der Waals surface area contributed by atoms with E-state index in [1.54, 1.807) is 7.11 Å². The molecule has 4 nitrogen and oxygen atoms in total. The van der Waals surface area contributed by atoms with E-state index in [1.165, 1.54) is 5.56 Å². The number of nitrogens with zero attached hydrogens (tertiary/aromatic N) is 1. The monoisotopic (exact) mass is 401 g/mol. The maximum absolute atomic E-state index is 11.1. The highest BCUT2D eigenvalue weighted by atomic mass is 79.9. The summed E-state index contributed by atoms with van der Waals surface area (Å²) in [6.45, 7) is 2.68. The molecule has 0 saturated carbocycles. The predicted octanol–water partition coefficient (Wildman–Crippen LogP) is 5.04. The Hall–Kier alpha value is -2.27. The van der Waals surface area contributed by atoms with E-state index < -0.39 is 5.97 Å². The van der Waals surface area contributed by atoms with Crippen LogP contribution >= 0.6 is 15.9 Å². The second-order valence-corrected chi connectivity index (χ2v) is 7.14. The summed E-state index contributed by atoms with van der Waals surface area (Å²) in [7, 11) is 1.64. The van der Waals surface area contributed by atoms with E-state index in [0.717, 1.165) is 33.2 Å². The summed E-state index contributed by atoms with van der Waals surface area (Å²) < 4.78 is 8.57. The van der Waals surface area contributed by atoms with E-state index in [0.29, 0.717) is 0 Å². The van der Waals surface area contributed by atoms with E-state index >= 15 is 0 Å². The fourth-order valence-electron chi connectivity index (χ4n) is 3.11. The van der Waals surface area contributed by atoms with Crippen LogP contribution in [0.5, 0.6) is 5.75 Å². The van der Waals surface area contributed by atoms with E-state index in [1.807, 2.05) is 37.3 Å². The first-order valence-electron chi connectivity index (χ1n) is 8.11. The number of benzene rings is 2. The number of hydrogen-bond donors (Lipinski definition) is 1. The van der Waals surface area contributed by atoms with E-state index in [-0.39, 0.29) is 12.3 Å². The Kier molecular flexibility index (Phi) is 5.13. The van der Waals surface area contributed by atoms with Crippen LogP contribution in [0.25, 0.3) is 10.9 Å². The fourth-order valence-corrected chi connectivity index (χ4v) is 3.38. The molecule has 3 rings (SSSR count). The molecule has 0 saturated heterocycles. The standard InChI is InChI=1S/C20H20BrNO3/c1-13(9-20(23)24)18-12-22(11-14-3-5-15(21)6-4-14)19-8-7-16(25-2)10-17(18)19/h3-8,10,12-13H,9,11H2,1-2H3,(H,23,24)/t13-/m1/s1. The summed E-state index contributed by atoms with van der Waals surface area (Å²) in [4.78, 5) is 11.1. The molecule has 0 aliphatic heterocycles. The van der Waals surface area contributed by atoms with Crippen LogP contribution in [-0.4, -0.2) is 22.8 Å². The van der Waals surface area contributed by atoms with E-state index in [2.05, 4.69) is 38.8 Å². The summed E-state index contributed by atoms with van der Waals surface area (Å²) in [6, 6.07) is 14.2. The highest BCUT2D eigenvalue weighted by molar-refractivity contribution is 9.10. The highest BCUT2D eigenvalue weighted by Crippen LogP contribution is 2.32. The van der Waals surface area contributed by atoms with E-state index in [4.69, 9.17) is 9.84 Å². The average molecular weight is 402 g/mol. The molecule has 0 unspecified atom stereocenters. The summed E-state index contributed by atoms with van der Waals surface area (Å²) in [5, 5.41) is 10.2. The Morgan fingerprint density at radius 3 is 2.60 bits per heavy atom. The number of halogens is 1. The molecule has 0 aliphatic rings. The predicted molar refractivity (Wildman–Crippen MR) is 102 cm³/mol. The second kappa shape index (κ2) is 7.31. The van der Waals surface area contributed by atoms with Crippen molar-refractivity contribution in [2.45, 2.75) is 25.8 Å². The number of rotatable bonds is 6. The summed E-state index contributed by atoms with van der Waals surface area (Å²) in [5.41, 5.74) is 3.30. The third-order valence-corrected chi connectivity index (χ3v) is 4.93. The molecule has 1 atom stereocenters. The number of carboxylic acids is 1. The van der Waals surface area contributed by atoms with Gasteiger partial charge < -0.3 is 14.4 Å². The van der Waals surface area contributed by atoms with Crippen molar-refractivity contribution >= 4 is 32.8 Å². The molecule has 1 heterocycles. The molecule has 0 radical (unpaired) electrons. The van der Waals surface area contributed by atoms with Crippen LogP contribution < -0.4 is 4.74 Å². The SMILES string of the molecule is COc1ccc2c(c1)c([C@H](C)CC(=O)O)cn2Cc1ccc(Br)cc1. The third-order valence-electron chi connectivity index (χ3n) is 4.40. The van der Waals surface area contributed by atoms with Crippen LogP contribution in [0.4, 0.5) is 0 Å². The van der Waals surface area contributed by atoms with Gasteiger partial charge in [0.2, 0.25) is 0 Å². The Balaban J connectivity index is 2.05. The molecular weight excluding hydrogens is 382 g/mol. The van der Waals surface area contributed by atoms with Crippen LogP contribution in [0, 0.1) is 0 Å². The number of aliphatic carboxylic acids is 1. The zero-order valence-corrected chi connectivity index (χ0v) is 15.8. The Morgan fingerprint density at radius 1 is 1.24 bits per heavy atom. The van der Waals surface area contributed by atoms with Crippen molar-refractivity contribution in [3.63, 3.8) is 0 Å². The zero-order valence-electron chi connectivity index (χ0n) is 14.2. The van der Waals surface area contributed by atoms with Gasteiger partial charge in [0.1, 0.15) is 5.75 Å². The molecule has 2 aromatic carbocycles. The van der Waals surface area contributed by atoms with Gasteiger partial charge in [0, 0.05) is 28.1 Å². The normalized spacial score (nSPS) is 12.3. The minimum atomic E-state index is -0.788. The minimum Gasteiger partial charge on any atom is -0.497 e. The van der Waals surface area contributed by atoms with Gasteiger partial charge in [-0.25, -0.2) is 0 Å². The van der Waals surface area contributed by atoms with Gasteiger partial charge in [-0.1, -0.05) is 35.0 Å². The van der Waals surface area contributed by atoms with Crippen molar-refractivity contribution < 1.29 is 14.6 Å². The van der Waals surface area contributed by atoms with Crippen LogP contribution in [-0.2, 0) is 11.3 Å². The molecule has 0 spiro atoms.